The quantitative estimate of drug-likeness (QED) is 0.347. The van der Waals surface area contributed by atoms with E-state index < -0.39 is 10.0 Å². The van der Waals surface area contributed by atoms with Crippen molar-refractivity contribution in [2.24, 2.45) is 10.9 Å². The number of thiophene rings is 1. The highest BCUT2D eigenvalue weighted by Crippen LogP contribution is 2.25. The van der Waals surface area contributed by atoms with Crippen LogP contribution in [0.2, 0.25) is 0 Å². The third kappa shape index (κ3) is 6.25. The van der Waals surface area contributed by atoms with E-state index in [0.717, 1.165) is 24.8 Å². The second-order valence-electron chi connectivity index (χ2n) is 6.33. The molecule has 0 bridgehead atoms. The number of rotatable bonds is 6. The van der Waals surface area contributed by atoms with Crippen LogP contribution in [0.1, 0.15) is 13.8 Å². The van der Waals surface area contributed by atoms with Gasteiger partial charge in [0.1, 0.15) is 4.21 Å². The number of halogens is 1. The van der Waals surface area contributed by atoms with Gasteiger partial charge in [0.2, 0.25) is 0 Å². The molecule has 1 aromatic rings. The van der Waals surface area contributed by atoms with Crippen LogP contribution in [0.15, 0.2) is 26.7 Å². The van der Waals surface area contributed by atoms with Gasteiger partial charge in [0.25, 0.3) is 10.0 Å². The van der Waals surface area contributed by atoms with Crippen molar-refractivity contribution in [2.75, 3.05) is 46.0 Å². The van der Waals surface area contributed by atoms with Gasteiger partial charge in [-0.15, -0.1) is 35.3 Å². The number of likely N-dealkylation sites (N-methyl/N-ethyl adjacent to an activating group) is 1. The molecule has 2 rings (SSSR count). The summed E-state index contributed by atoms with van der Waals surface area (Å²) in [5.41, 5.74) is 0. The number of nitrogens with one attached hydrogen (secondary N) is 1. The van der Waals surface area contributed by atoms with Crippen molar-refractivity contribution in [2.45, 2.75) is 23.3 Å². The van der Waals surface area contributed by atoms with E-state index in [1.807, 2.05) is 11.8 Å². The zero-order valence-electron chi connectivity index (χ0n) is 15.7. The lowest BCUT2D eigenvalue weighted by molar-refractivity contribution is 0.378. The number of nitrogens with zero attached hydrogens (tertiary/aromatic N) is 3. The van der Waals surface area contributed by atoms with Crippen LogP contribution in [-0.2, 0) is 10.0 Å². The SMILES string of the molecule is CN=C(NCCN(C)S(=O)(=O)c1cccs1)N1CCSC(C(C)C)C1.I. The topological polar surface area (TPSA) is 65.0 Å². The maximum absolute atomic E-state index is 12.4. The standard InChI is InChI=1S/C16H28N4O2S3.HI/c1-13(2)14-12-20(9-11-23-14)16(17-3)18-7-8-19(4)25(21,22)15-6-5-10-24-15;/h5-6,10,13-14H,7-9,11-12H2,1-4H3,(H,17,18);1H. The summed E-state index contributed by atoms with van der Waals surface area (Å²) in [6, 6.07) is 3.39. The molecule has 10 heteroatoms. The molecule has 6 nitrogen and oxygen atoms in total. The third-order valence-electron chi connectivity index (χ3n) is 4.22. The molecule has 150 valence electrons. The third-order valence-corrected chi connectivity index (χ3v) is 8.99. The fourth-order valence-electron chi connectivity index (χ4n) is 2.61. The van der Waals surface area contributed by atoms with Crippen molar-refractivity contribution in [1.29, 1.82) is 0 Å². The van der Waals surface area contributed by atoms with E-state index in [1.165, 1.54) is 15.6 Å². The summed E-state index contributed by atoms with van der Waals surface area (Å²) >= 11 is 3.27. The number of guanidine groups is 1. The van der Waals surface area contributed by atoms with E-state index in [4.69, 9.17) is 0 Å². The van der Waals surface area contributed by atoms with Crippen LogP contribution in [0.3, 0.4) is 0 Å². The molecule has 1 aromatic heterocycles. The zero-order chi connectivity index (χ0) is 18.4. The molecule has 0 aromatic carbocycles. The number of hydrogen-bond acceptors (Lipinski definition) is 5. The molecule has 0 saturated carbocycles. The van der Waals surface area contributed by atoms with Gasteiger partial charge < -0.3 is 10.2 Å². The number of hydrogen-bond donors (Lipinski definition) is 1. The van der Waals surface area contributed by atoms with Crippen LogP contribution >= 0.6 is 47.1 Å². The van der Waals surface area contributed by atoms with Crippen LogP contribution < -0.4 is 5.32 Å². The normalized spacial score (nSPS) is 18.9. The molecule has 0 aliphatic carbocycles. The molecule has 0 spiro atoms. The summed E-state index contributed by atoms with van der Waals surface area (Å²) in [7, 11) is 0.00508. The average Bonchev–Trinajstić information content (AvgIpc) is 3.14. The van der Waals surface area contributed by atoms with Crippen molar-refractivity contribution in [3.63, 3.8) is 0 Å². The van der Waals surface area contributed by atoms with Gasteiger partial charge >= 0.3 is 0 Å². The summed E-state index contributed by atoms with van der Waals surface area (Å²) in [5, 5.41) is 5.69. The molecule has 1 aliphatic rings. The summed E-state index contributed by atoms with van der Waals surface area (Å²) in [6.45, 7) is 7.38. The fraction of sp³-hybridized carbons (Fsp3) is 0.688. The smallest absolute Gasteiger partial charge is 0.252 e. The monoisotopic (exact) mass is 532 g/mol. The molecule has 0 radical (unpaired) electrons. The molecule has 26 heavy (non-hydrogen) atoms. The highest BCUT2D eigenvalue weighted by Gasteiger charge is 2.25. The van der Waals surface area contributed by atoms with Crippen molar-refractivity contribution in [3.05, 3.63) is 17.5 Å². The van der Waals surface area contributed by atoms with Gasteiger partial charge in [0.05, 0.1) is 0 Å². The molecular formula is C16H29IN4O2S3. The van der Waals surface area contributed by atoms with Gasteiger partial charge in [-0.1, -0.05) is 19.9 Å². The van der Waals surface area contributed by atoms with Crippen molar-refractivity contribution in [3.8, 4) is 0 Å². The minimum absolute atomic E-state index is 0. The summed E-state index contributed by atoms with van der Waals surface area (Å²) < 4.78 is 26.6. The molecular weight excluding hydrogens is 503 g/mol. The van der Waals surface area contributed by atoms with Gasteiger partial charge in [-0.2, -0.15) is 16.1 Å². The van der Waals surface area contributed by atoms with E-state index in [1.54, 1.807) is 31.6 Å². The predicted octanol–water partition coefficient (Wildman–Crippen LogP) is 2.64. The van der Waals surface area contributed by atoms with Crippen molar-refractivity contribution >= 4 is 63.1 Å². The second-order valence-corrected chi connectivity index (χ2v) is 10.9. The van der Waals surface area contributed by atoms with Gasteiger partial charge in [-0.25, -0.2) is 8.42 Å². The molecule has 1 saturated heterocycles. The first-order chi connectivity index (χ1) is 11.9. The van der Waals surface area contributed by atoms with Crippen LogP contribution in [0.25, 0.3) is 0 Å². The van der Waals surface area contributed by atoms with E-state index >= 15 is 0 Å². The van der Waals surface area contributed by atoms with E-state index in [2.05, 4.69) is 29.1 Å². The Bertz CT molecular complexity index is 665. The highest BCUT2D eigenvalue weighted by molar-refractivity contribution is 14.0. The van der Waals surface area contributed by atoms with E-state index in [0.29, 0.717) is 28.5 Å². The zero-order valence-corrected chi connectivity index (χ0v) is 20.5. The second kappa shape index (κ2) is 11.1. The summed E-state index contributed by atoms with van der Waals surface area (Å²) in [5.74, 6) is 2.58. The van der Waals surface area contributed by atoms with Gasteiger partial charge in [-0.05, 0) is 17.4 Å². The lowest BCUT2D eigenvalue weighted by atomic mass is 10.1. The van der Waals surface area contributed by atoms with Crippen molar-refractivity contribution in [1.82, 2.24) is 14.5 Å². The van der Waals surface area contributed by atoms with Gasteiger partial charge in [-0.3, -0.25) is 4.99 Å². The molecule has 1 N–H and O–H groups in total. The first kappa shape index (κ1) is 24.0. The lowest BCUT2D eigenvalue weighted by Gasteiger charge is -2.36. The lowest BCUT2D eigenvalue weighted by Crippen LogP contribution is -2.50. The number of aliphatic imine (C=N–C) groups is 1. The maximum atomic E-state index is 12.4. The Labute approximate surface area is 182 Å². The van der Waals surface area contributed by atoms with Crippen molar-refractivity contribution < 1.29 is 8.42 Å². The van der Waals surface area contributed by atoms with Gasteiger partial charge in [0.15, 0.2) is 5.96 Å². The number of thioether (sulfide) groups is 1. The van der Waals surface area contributed by atoms with Crippen LogP contribution in [0.4, 0.5) is 0 Å². The summed E-state index contributed by atoms with van der Waals surface area (Å²) in [6.07, 6.45) is 0. The first-order valence-corrected chi connectivity index (χ1v) is 11.8. The van der Waals surface area contributed by atoms with E-state index in [9.17, 15) is 8.42 Å². The number of sulfonamides is 1. The molecule has 0 amide bonds. The largest absolute Gasteiger partial charge is 0.355 e. The molecule has 1 atom stereocenters. The Morgan fingerprint density at radius 3 is 2.81 bits per heavy atom. The fourth-order valence-corrected chi connectivity index (χ4v) is 6.28. The Hall–Kier alpha value is -0.0400. The summed E-state index contributed by atoms with van der Waals surface area (Å²) in [4.78, 5) is 6.64. The minimum atomic E-state index is -3.39. The predicted molar refractivity (Wildman–Crippen MR) is 124 cm³/mol. The Morgan fingerprint density at radius 1 is 1.50 bits per heavy atom. The maximum Gasteiger partial charge on any atom is 0.252 e. The Kier molecular flexibility index (Phi) is 10.2. The van der Waals surface area contributed by atoms with Gasteiger partial charge in [0, 0.05) is 51.3 Å². The van der Waals surface area contributed by atoms with Crippen LogP contribution in [0.5, 0.6) is 0 Å². The van der Waals surface area contributed by atoms with E-state index in [-0.39, 0.29) is 24.0 Å². The Morgan fingerprint density at radius 2 is 2.23 bits per heavy atom. The van der Waals surface area contributed by atoms with Crippen LogP contribution in [0, 0.1) is 5.92 Å². The Balaban J connectivity index is 0.00000338. The highest BCUT2D eigenvalue weighted by atomic mass is 127. The molecule has 1 aliphatic heterocycles. The minimum Gasteiger partial charge on any atom is -0.355 e. The average molecular weight is 533 g/mol. The molecule has 1 unspecified atom stereocenters. The first-order valence-electron chi connectivity index (χ1n) is 8.43. The molecule has 2 heterocycles. The molecule has 1 fully saturated rings. The van der Waals surface area contributed by atoms with Crippen LogP contribution in [-0.4, -0.2) is 74.9 Å².